The van der Waals surface area contributed by atoms with Crippen LogP contribution in [0.25, 0.3) is 0 Å². The number of aliphatic hydroxyl groups excluding tert-OH is 1. The van der Waals surface area contributed by atoms with Gasteiger partial charge in [0.25, 0.3) is 0 Å². The summed E-state index contributed by atoms with van der Waals surface area (Å²) in [6, 6.07) is 0. The summed E-state index contributed by atoms with van der Waals surface area (Å²) in [5.74, 6) is 1.14. The van der Waals surface area contributed by atoms with Crippen molar-refractivity contribution in [1.29, 1.82) is 0 Å². The molecule has 16 heavy (non-hydrogen) atoms. The molecule has 92 valence electrons. The number of hydrogen-bond donors (Lipinski definition) is 2. The van der Waals surface area contributed by atoms with E-state index in [0.717, 1.165) is 32.6 Å². The average molecular weight is 226 g/mol. The Morgan fingerprint density at radius 3 is 2.75 bits per heavy atom. The lowest BCUT2D eigenvalue weighted by atomic mass is 9.96. The SMILES string of the molecule is CC(O)C1CCN(C(=O)[C@@H]2CNC[C@H]2C)C1. The van der Waals surface area contributed by atoms with Crippen molar-refractivity contribution in [1.82, 2.24) is 10.2 Å². The average Bonchev–Trinajstić information content (AvgIpc) is 2.84. The number of aliphatic hydroxyl groups is 1. The van der Waals surface area contributed by atoms with Crippen molar-refractivity contribution in [2.45, 2.75) is 26.4 Å². The highest BCUT2D eigenvalue weighted by atomic mass is 16.3. The van der Waals surface area contributed by atoms with Crippen molar-refractivity contribution in [3.63, 3.8) is 0 Å². The quantitative estimate of drug-likeness (QED) is 0.700. The molecule has 4 heteroatoms. The maximum atomic E-state index is 12.2. The van der Waals surface area contributed by atoms with Crippen LogP contribution < -0.4 is 5.32 Å². The summed E-state index contributed by atoms with van der Waals surface area (Å²) in [6.45, 7) is 7.26. The van der Waals surface area contributed by atoms with E-state index >= 15 is 0 Å². The monoisotopic (exact) mass is 226 g/mol. The van der Waals surface area contributed by atoms with Crippen LogP contribution in [-0.2, 0) is 4.79 Å². The Labute approximate surface area is 97.0 Å². The highest BCUT2D eigenvalue weighted by Crippen LogP contribution is 2.25. The number of nitrogens with one attached hydrogen (secondary N) is 1. The van der Waals surface area contributed by atoms with E-state index in [0.29, 0.717) is 5.92 Å². The first kappa shape index (κ1) is 11.9. The maximum absolute atomic E-state index is 12.2. The summed E-state index contributed by atoms with van der Waals surface area (Å²) in [7, 11) is 0. The van der Waals surface area contributed by atoms with Gasteiger partial charge in [-0.05, 0) is 25.8 Å². The third-order valence-corrected chi connectivity index (χ3v) is 4.05. The minimum Gasteiger partial charge on any atom is -0.393 e. The van der Waals surface area contributed by atoms with Crippen LogP contribution in [0.15, 0.2) is 0 Å². The molecule has 2 saturated heterocycles. The molecule has 4 nitrogen and oxygen atoms in total. The summed E-state index contributed by atoms with van der Waals surface area (Å²) in [6.07, 6.45) is 0.648. The smallest absolute Gasteiger partial charge is 0.227 e. The van der Waals surface area contributed by atoms with Crippen molar-refractivity contribution in [2.24, 2.45) is 17.8 Å². The summed E-state index contributed by atoms with van der Waals surface area (Å²) < 4.78 is 0. The van der Waals surface area contributed by atoms with Gasteiger partial charge in [-0.25, -0.2) is 0 Å². The van der Waals surface area contributed by atoms with E-state index in [9.17, 15) is 9.90 Å². The summed E-state index contributed by atoms with van der Waals surface area (Å²) in [5, 5.41) is 12.8. The fraction of sp³-hybridized carbons (Fsp3) is 0.917. The first-order chi connectivity index (χ1) is 7.59. The van der Waals surface area contributed by atoms with Gasteiger partial charge >= 0.3 is 0 Å². The lowest BCUT2D eigenvalue weighted by Crippen LogP contribution is -2.38. The number of carbonyl (C=O) groups is 1. The van der Waals surface area contributed by atoms with Gasteiger partial charge in [0, 0.05) is 25.6 Å². The zero-order chi connectivity index (χ0) is 11.7. The molecule has 1 amide bonds. The van der Waals surface area contributed by atoms with E-state index in [1.165, 1.54) is 0 Å². The predicted octanol–water partition coefficient (Wildman–Crippen LogP) is 0.0712. The Kier molecular flexibility index (Phi) is 3.50. The van der Waals surface area contributed by atoms with E-state index in [4.69, 9.17) is 0 Å². The molecule has 0 aromatic heterocycles. The van der Waals surface area contributed by atoms with Gasteiger partial charge in [0.1, 0.15) is 0 Å². The molecule has 2 aliphatic heterocycles. The van der Waals surface area contributed by atoms with Gasteiger partial charge < -0.3 is 15.3 Å². The van der Waals surface area contributed by atoms with Crippen molar-refractivity contribution in [3.05, 3.63) is 0 Å². The van der Waals surface area contributed by atoms with Gasteiger partial charge in [0.15, 0.2) is 0 Å². The first-order valence-electron chi connectivity index (χ1n) is 6.27. The summed E-state index contributed by atoms with van der Waals surface area (Å²) in [5.41, 5.74) is 0. The molecule has 2 unspecified atom stereocenters. The molecule has 0 bridgehead atoms. The molecule has 2 heterocycles. The molecule has 0 aromatic rings. The Bertz CT molecular complexity index is 268. The summed E-state index contributed by atoms with van der Waals surface area (Å²) >= 11 is 0. The zero-order valence-electron chi connectivity index (χ0n) is 10.1. The van der Waals surface area contributed by atoms with E-state index < -0.39 is 0 Å². The summed E-state index contributed by atoms with van der Waals surface area (Å²) in [4.78, 5) is 14.2. The molecule has 2 rings (SSSR count). The van der Waals surface area contributed by atoms with Crippen molar-refractivity contribution >= 4 is 5.91 Å². The lowest BCUT2D eigenvalue weighted by molar-refractivity contribution is -0.135. The standard InChI is InChI=1S/C12H22N2O2/c1-8-5-13-6-11(8)12(16)14-4-3-10(7-14)9(2)15/h8-11,13,15H,3-7H2,1-2H3/t8-,9?,10?,11-/m1/s1. The number of hydrogen-bond acceptors (Lipinski definition) is 3. The number of rotatable bonds is 2. The molecule has 2 fully saturated rings. The molecule has 0 spiro atoms. The second-order valence-electron chi connectivity index (χ2n) is 5.32. The van der Waals surface area contributed by atoms with E-state index in [1.54, 1.807) is 0 Å². The van der Waals surface area contributed by atoms with Crippen LogP contribution in [0, 0.1) is 17.8 Å². The Morgan fingerprint density at radius 2 is 2.25 bits per heavy atom. The van der Waals surface area contributed by atoms with Crippen LogP contribution in [0.3, 0.4) is 0 Å². The molecule has 2 aliphatic rings. The number of carbonyl (C=O) groups excluding carboxylic acids is 1. The molecular weight excluding hydrogens is 204 g/mol. The largest absolute Gasteiger partial charge is 0.393 e. The van der Waals surface area contributed by atoms with Crippen LogP contribution in [0.2, 0.25) is 0 Å². The first-order valence-corrected chi connectivity index (χ1v) is 6.27. The maximum Gasteiger partial charge on any atom is 0.227 e. The molecule has 0 aliphatic carbocycles. The van der Waals surface area contributed by atoms with Crippen LogP contribution in [0.1, 0.15) is 20.3 Å². The molecule has 0 saturated carbocycles. The molecular formula is C12H22N2O2. The van der Waals surface area contributed by atoms with Gasteiger partial charge in [0.05, 0.1) is 12.0 Å². The van der Waals surface area contributed by atoms with Gasteiger partial charge in [0.2, 0.25) is 5.91 Å². The normalized spacial score (nSPS) is 36.7. The molecule has 0 aromatic carbocycles. The van der Waals surface area contributed by atoms with Gasteiger partial charge in [-0.2, -0.15) is 0 Å². The Balaban J connectivity index is 1.91. The minimum absolute atomic E-state index is 0.146. The lowest BCUT2D eigenvalue weighted by Gasteiger charge is -2.23. The fourth-order valence-corrected chi connectivity index (χ4v) is 2.76. The second-order valence-corrected chi connectivity index (χ2v) is 5.32. The van der Waals surface area contributed by atoms with Crippen molar-refractivity contribution in [2.75, 3.05) is 26.2 Å². The highest BCUT2D eigenvalue weighted by Gasteiger charge is 2.36. The number of amides is 1. The molecule has 2 N–H and O–H groups in total. The van der Waals surface area contributed by atoms with Gasteiger partial charge in [-0.1, -0.05) is 6.92 Å². The topological polar surface area (TPSA) is 52.6 Å². The minimum atomic E-state index is -0.295. The van der Waals surface area contributed by atoms with Crippen LogP contribution in [-0.4, -0.2) is 48.2 Å². The van der Waals surface area contributed by atoms with Gasteiger partial charge in [-0.15, -0.1) is 0 Å². The van der Waals surface area contributed by atoms with Crippen molar-refractivity contribution < 1.29 is 9.90 Å². The Hall–Kier alpha value is -0.610. The van der Waals surface area contributed by atoms with Gasteiger partial charge in [-0.3, -0.25) is 4.79 Å². The van der Waals surface area contributed by atoms with E-state index in [-0.39, 0.29) is 23.8 Å². The number of nitrogens with zero attached hydrogens (tertiary/aromatic N) is 1. The predicted molar refractivity (Wildman–Crippen MR) is 61.9 cm³/mol. The highest BCUT2D eigenvalue weighted by molar-refractivity contribution is 5.80. The third-order valence-electron chi connectivity index (χ3n) is 4.05. The van der Waals surface area contributed by atoms with Crippen LogP contribution in [0.4, 0.5) is 0 Å². The van der Waals surface area contributed by atoms with Crippen LogP contribution in [0.5, 0.6) is 0 Å². The molecule has 0 radical (unpaired) electrons. The number of likely N-dealkylation sites (tertiary alicyclic amines) is 1. The third kappa shape index (κ3) is 2.23. The second kappa shape index (κ2) is 4.72. The zero-order valence-corrected chi connectivity index (χ0v) is 10.1. The van der Waals surface area contributed by atoms with Crippen molar-refractivity contribution in [3.8, 4) is 0 Å². The van der Waals surface area contributed by atoms with E-state index in [1.807, 2.05) is 11.8 Å². The van der Waals surface area contributed by atoms with Crippen LogP contribution >= 0.6 is 0 Å². The van der Waals surface area contributed by atoms with E-state index in [2.05, 4.69) is 12.2 Å². The fourth-order valence-electron chi connectivity index (χ4n) is 2.76. The molecule has 4 atom stereocenters. The Morgan fingerprint density at radius 1 is 1.50 bits per heavy atom.